The number of hydrogen-bond donors (Lipinski definition) is 0. The molecule has 0 radical (unpaired) electrons. The molecule has 0 atom stereocenters. The predicted octanol–water partition coefficient (Wildman–Crippen LogP) is 2.07. The van der Waals surface area contributed by atoms with Crippen LogP contribution < -0.4 is 9.64 Å². The first kappa shape index (κ1) is 7.93. The van der Waals surface area contributed by atoms with E-state index < -0.39 is 0 Å². The minimum absolute atomic E-state index is 0.663. The molecule has 0 aliphatic carbocycles. The first-order valence-electron chi connectivity index (χ1n) is 4.17. The summed E-state index contributed by atoms with van der Waals surface area (Å²) in [5, 5.41) is 0. The summed E-state index contributed by atoms with van der Waals surface area (Å²) in [6, 6.07) is 5.50. The van der Waals surface area contributed by atoms with E-state index in [0.717, 1.165) is 24.6 Å². The van der Waals surface area contributed by atoms with Crippen molar-refractivity contribution in [3.63, 3.8) is 0 Å². The highest BCUT2D eigenvalue weighted by Gasteiger charge is 2.14. The molecule has 0 fully saturated rings. The number of anilines is 1. The zero-order valence-corrected chi connectivity index (χ0v) is 7.45. The second-order valence-electron chi connectivity index (χ2n) is 3.03. The van der Waals surface area contributed by atoms with Crippen molar-refractivity contribution >= 4 is 11.4 Å². The average Bonchev–Trinajstić information content (AvgIpc) is 2.18. The minimum Gasteiger partial charge on any atom is -0.490 e. The molecule has 1 aliphatic heterocycles. The van der Waals surface area contributed by atoms with Crippen LogP contribution in [0.5, 0.6) is 5.75 Å². The van der Waals surface area contributed by atoms with Crippen molar-refractivity contribution in [1.82, 2.24) is 0 Å². The van der Waals surface area contributed by atoms with Gasteiger partial charge < -0.3 is 9.64 Å². The zero-order valence-electron chi connectivity index (χ0n) is 7.45. The van der Waals surface area contributed by atoms with Crippen LogP contribution in [-0.4, -0.2) is 20.2 Å². The quantitative estimate of drug-likeness (QED) is 0.560. The van der Waals surface area contributed by atoms with Crippen LogP contribution in [0.25, 0.3) is 4.85 Å². The summed E-state index contributed by atoms with van der Waals surface area (Å²) in [6.07, 6.45) is 0. The third-order valence-corrected chi connectivity index (χ3v) is 2.17. The van der Waals surface area contributed by atoms with Gasteiger partial charge in [-0.05, 0) is 12.1 Å². The van der Waals surface area contributed by atoms with Crippen LogP contribution >= 0.6 is 0 Å². The van der Waals surface area contributed by atoms with Crippen LogP contribution in [0.1, 0.15) is 0 Å². The maximum absolute atomic E-state index is 6.89. The molecule has 1 aromatic rings. The Morgan fingerprint density at radius 1 is 1.54 bits per heavy atom. The summed E-state index contributed by atoms with van der Waals surface area (Å²) in [7, 11) is 2.01. The highest BCUT2D eigenvalue weighted by atomic mass is 16.5. The third kappa shape index (κ3) is 1.31. The summed E-state index contributed by atoms with van der Waals surface area (Å²) in [4.78, 5) is 5.49. The van der Waals surface area contributed by atoms with Gasteiger partial charge in [0.15, 0.2) is 5.69 Å². The number of ether oxygens (including phenoxy) is 1. The molecule has 0 saturated heterocycles. The number of fused-ring (bicyclic) bond motifs is 1. The summed E-state index contributed by atoms with van der Waals surface area (Å²) in [6.45, 7) is 8.50. The predicted molar refractivity (Wildman–Crippen MR) is 51.5 cm³/mol. The number of benzene rings is 1. The Morgan fingerprint density at radius 3 is 3.15 bits per heavy atom. The minimum atomic E-state index is 0.663. The van der Waals surface area contributed by atoms with E-state index in [1.165, 1.54) is 0 Å². The molecule has 2 rings (SSSR count). The van der Waals surface area contributed by atoms with Gasteiger partial charge in [-0.2, -0.15) is 0 Å². The lowest BCUT2D eigenvalue weighted by molar-refractivity contribution is 0.311. The van der Waals surface area contributed by atoms with Crippen molar-refractivity contribution in [3.8, 4) is 5.75 Å². The van der Waals surface area contributed by atoms with Crippen molar-refractivity contribution in [2.45, 2.75) is 0 Å². The zero-order chi connectivity index (χ0) is 9.26. The van der Waals surface area contributed by atoms with E-state index in [4.69, 9.17) is 11.3 Å². The lowest BCUT2D eigenvalue weighted by atomic mass is 10.2. The molecule has 0 aromatic heterocycles. The van der Waals surface area contributed by atoms with Gasteiger partial charge in [-0.3, -0.25) is 0 Å². The Hall–Kier alpha value is -1.69. The monoisotopic (exact) mass is 174 g/mol. The van der Waals surface area contributed by atoms with Gasteiger partial charge in [-0.15, -0.1) is 0 Å². The highest BCUT2D eigenvalue weighted by Crippen LogP contribution is 2.33. The van der Waals surface area contributed by atoms with Gasteiger partial charge in [0, 0.05) is 7.05 Å². The van der Waals surface area contributed by atoms with E-state index in [9.17, 15) is 0 Å². The van der Waals surface area contributed by atoms with Crippen LogP contribution in [0.4, 0.5) is 11.4 Å². The fourth-order valence-corrected chi connectivity index (χ4v) is 1.41. The Morgan fingerprint density at radius 2 is 2.38 bits per heavy atom. The number of nitrogens with zero attached hydrogens (tertiary/aromatic N) is 2. The van der Waals surface area contributed by atoms with Crippen LogP contribution in [0.2, 0.25) is 0 Å². The summed E-state index contributed by atoms with van der Waals surface area (Å²) in [5.74, 6) is 0.876. The van der Waals surface area contributed by atoms with Gasteiger partial charge in [-0.1, -0.05) is 6.07 Å². The first-order chi connectivity index (χ1) is 6.31. The molecule has 0 saturated carbocycles. The van der Waals surface area contributed by atoms with Crippen LogP contribution in [-0.2, 0) is 0 Å². The van der Waals surface area contributed by atoms with Gasteiger partial charge in [0.1, 0.15) is 12.4 Å². The lowest BCUT2D eigenvalue weighted by Crippen LogP contribution is -2.28. The van der Waals surface area contributed by atoms with E-state index in [2.05, 4.69) is 9.74 Å². The van der Waals surface area contributed by atoms with Gasteiger partial charge in [0.05, 0.1) is 18.8 Å². The molecule has 1 aliphatic rings. The van der Waals surface area contributed by atoms with E-state index >= 15 is 0 Å². The largest absolute Gasteiger partial charge is 0.490 e. The summed E-state index contributed by atoms with van der Waals surface area (Å²) >= 11 is 0. The maximum Gasteiger partial charge on any atom is 0.189 e. The number of likely N-dealkylation sites (N-methyl/N-ethyl adjacent to an activating group) is 1. The molecule has 0 spiro atoms. The molecule has 0 unspecified atom stereocenters. The van der Waals surface area contributed by atoms with Gasteiger partial charge in [0.25, 0.3) is 0 Å². The van der Waals surface area contributed by atoms with Crippen LogP contribution in [0.15, 0.2) is 18.2 Å². The molecular formula is C10H10N2O. The average molecular weight is 174 g/mol. The van der Waals surface area contributed by atoms with Gasteiger partial charge in [0.2, 0.25) is 0 Å². The first-order valence-corrected chi connectivity index (χ1v) is 4.17. The summed E-state index contributed by atoms with van der Waals surface area (Å²) in [5.41, 5.74) is 1.68. The van der Waals surface area contributed by atoms with E-state index in [1.807, 2.05) is 19.2 Å². The molecule has 3 heteroatoms. The molecule has 13 heavy (non-hydrogen) atoms. The van der Waals surface area contributed by atoms with Gasteiger partial charge >= 0.3 is 0 Å². The van der Waals surface area contributed by atoms with Crippen molar-refractivity contribution in [2.75, 3.05) is 25.1 Å². The Kier molecular flexibility index (Phi) is 1.82. The second-order valence-corrected chi connectivity index (χ2v) is 3.03. The van der Waals surface area contributed by atoms with Gasteiger partial charge in [-0.25, -0.2) is 4.85 Å². The van der Waals surface area contributed by atoms with E-state index in [-0.39, 0.29) is 0 Å². The fourth-order valence-electron chi connectivity index (χ4n) is 1.41. The van der Waals surface area contributed by atoms with E-state index in [0.29, 0.717) is 5.69 Å². The van der Waals surface area contributed by atoms with Crippen molar-refractivity contribution < 1.29 is 4.74 Å². The molecular weight excluding hydrogens is 164 g/mol. The van der Waals surface area contributed by atoms with Crippen molar-refractivity contribution in [1.29, 1.82) is 0 Å². The molecule has 0 bridgehead atoms. The smallest absolute Gasteiger partial charge is 0.189 e. The van der Waals surface area contributed by atoms with Crippen LogP contribution in [0.3, 0.4) is 0 Å². The normalized spacial score (nSPS) is 14.3. The SMILES string of the molecule is [C-]#[N+]c1ccc2c(c1)N(C)CCO2. The number of hydrogen-bond acceptors (Lipinski definition) is 2. The van der Waals surface area contributed by atoms with Crippen molar-refractivity contribution in [3.05, 3.63) is 29.6 Å². The molecule has 0 amide bonds. The summed E-state index contributed by atoms with van der Waals surface area (Å²) < 4.78 is 5.45. The second kappa shape index (κ2) is 2.98. The highest BCUT2D eigenvalue weighted by molar-refractivity contribution is 5.67. The maximum atomic E-state index is 6.89. The molecule has 0 N–H and O–H groups in total. The van der Waals surface area contributed by atoms with Crippen LogP contribution in [0, 0.1) is 6.57 Å². The Balaban J connectivity index is 2.48. The third-order valence-electron chi connectivity index (χ3n) is 2.17. The van der Waals surface area contributed by atoms with Crippen molar-refractivity contribution in [2.24, 2.45) is 0 Å². The lowest BCUT2D eigenvalue weighted by Gasteiger charge is -2.27. The molecule has 1 aromatic carbocycles. The molecule has 1 heterocycles. The number of rotatable bonds is 0. The molecule has 3 nitrogen and oxygen atoms in total. The molecule has 66 valence electrons. The fraction of sp³-hybridized carbons (Fsp3) is 0.300. The Labute approximate surface area is 77.4 Å². The Bertz CT molecular complexity index is 368. The standard InChI is InChI=1S/C10H10N2O/c1-11-8-3-4-10-9(7-8)12(2)5-6-13-10/h3-4,7H,5-6H2,2H3. The van der Waals surface area contributed by atoms with E-state index in [1.54, 1.807) is 6.07 Å². The topological polar surface area (TPSA) is 16.8 Å².